The molecule has 4 nitrogen and oxygen atoms in total. The van der Waals surface area contributed by atoms with Crippen molar-refractivity contribution in [2.45, 2.75) is 6.42 Å². The second-order valence-electron chi connectivity index (χ2n) is 4.55. The van der Waals surface area contributed by atoms with Crippen molar-refractivity contribution >= 4 is 11.5 Å². The van der Waals surface area contributed by atoms with Crippen LogP contribution in [0.1, 0.15) is 12.0 Å². The van der Waals surface area contributed by atoms with E-state index in [-0.39, 0.29) is 11.7 Å². The van der Waals surface area contributed by atoms with Gasteiger partial charge in [-0.15, -0.1) is 0 Å². The van der Waals surface area contributed by atoms with Crippen molar-refractivity contribution in [3.63, 3.8) is 0 Å². The summed E-state index contributed by atoms with van der Waals surface area (Å²) in [5.41, 5.74) is 1.50. The second kappa shape index (κ2) is 5.65. The molecule has 18 heavy (non-hydrogen) atoms. The number of ketones is 1. The number of rotatable bonds is 4. The fourth-order valence-corrected chi connectivity index (χ4v) is 2.06. The third-order valence-corrected chi connectivity index (χ3v) is 3.19. The van der Waals surface area contributed by atoms with Gasteiger partial charge >= 0.3 is 0 Å². The van der Waals surface area contributed by atoms with Crippen molar-refractivity contribution in [2.75, 3.05) is 31.7 Å². The molecule has 1 aromatic carbocycles. The van der Waals surface area contributed by atoms with Gasteiger partial charge in [0.15, 0.2) is 5.78 Å². The molecule has 4 heteroatoms. The van der Waals surface area contributed by atoms with Crippen molar-refractivity contribution in [2.24, 2.45) is 5.92 Å². The minimum Gasteiger partial charge on any atom is -0.381 e. The molecule has 1 heterocycles. The largest absolute Gasteiger partial charge is 0.381 e. The van der Waals surface area contributed by atoms with E-state index in [2.05, 4.69) is 6.07 Å². The summed E-state index contributed by atoms with van der Waals surface area (Å²) in [5, 5.41) is 8.85. The fourth-order valence-electron chi connectivity index (χ4n) is 2.06. The lowest BCUT2D eigenvalue weighted by molar-refractivity contribution is -0.121. The first-order valence-electron chi connectivity index (χ1n) is 6.02. The lowest BCUT2D eigenvalue weighted by atomic mass is 10.0. The zero-order valence-corrected chi connectivity index (χ0v) is 10.4. The summed E-state index contributed by atoms with van der Waals surface area (Å²) < 4.78 is 5.22. The highest BCUT2D eigenvalue weighted by Gasteiger charge is 2.24. The van der Waals surface area contributed by atoms with Crippen LogP contribution >= 0.6 is 0 Å². The maximum atomic E-state index is 12.0. The molecular weight excluding hydrogens is 228 g/mol. The molecule has 0 bridgehead atoms. The third kappa shape index (κ3) is 2.88. The molecule has 1 atom stereocenters. The van der Waals surface area contributed by atoms with Crippen molar-refractivity contribution in [3.05, 3.63) is 29.8 Å². The van der Waals surface area contributed by atoms with E-state index < -0.39 is 0 Å². The Bertz CT molecular complexity index is 473. The Morgan fingerprint density at radius 1 is 1.61 bits per heavy atom. The van der Waals surface area contributed by atoms with E-state index in [1.165, 1.54) is 0 Å². The zero-order valence-electron chi connectivity index (χ0n) is 10.4. The first-order chi connectivity index (χ1) is 8.70. The second-order valence-corrected chi connectivity index (χ2v) is 4.55. The summed E-state index contributed by atoms with van der Waals surface area (Å²) in [5.74, 6) is 0.240. The molecule has 1 saturated heterocycles. The van der Waals surface area contributed by atoms with Gasteiger partial charge in [-0.3, -0.25) is 4.79 Å². The number of ether oxygens (including phenoxy) is 1. The number of benzene rings is 1. The van der Waals surface area contributed by atoms with Crippen LogP contribution in [0.4, 0.5) is 5.69 Å². The Morgan fingerprint density at radius 3 is 3.11 bits per heavy atom. The molecule has 0 radical (unpaired) electrons. The van der Waals surface area contributed by atoms with Crippen LogP contribution in [0.25, 0.3) is 0 Å². The normalized spacial score (nSPS) is 18.3. The molecule has 0 saturated carbocycles. The van der Waals surface area contributed by atoms with Gasteiger partial charge in [-0.25, -0.2) is 0 Å². The number of carbonyl (C=O) groups is 1. The minimum absolute atomic E-state index is 0.0339. The Balaban J connectivity index is 2.00. The molecule has 0 N–H and O–H groups in total. The molecule has 0 aromatic heterocycles. The maximum Gasteiger partial charge on any atom is 0.157 e. The van der Waals surface area contributed by atoms with E-state index in [9.17, 15) is 4.79 Å². The smallest absolute Gasteiger partial charge is 0.157 e. The summed E-state index contributed by atoms with van der Waals surface area (Å²) in [6, 6.07) is 9.37. The Kier molecular flexibility index (Phi) is 3.96. The number of hydrogen-bond donors (Lipinski definition) is 0. The van der Waals surface area contributed by atoms with Gasteiger partial charge in [-0.1, -0.05) is 6.07 Å². The molecule has 1 aliphatic heterocycles. The van der Waals surface area contributed by atoms with E-state index in [4.69, 9.17) is 10.00 Å². The van der Waals surface area contributed by atoms with Gasteiger partial charge in [-0.05, 0) is 24.6 Å². The number of carbonyl (C=O) groups excluding carboxylic acids is 1. The number of Topliss-reactive ketones (excluding diaryl/α,β-unsaturated/α-hetero) is 1. The molecule has 1 unspecified atom stereocenters. The van der Waals surface area contributed by atoms with Gasteiger partial charge < -0.3 is 9.64 Å². The Hall–Kier alpha value is -1.86. The molecule has 0 spiro atoms. The summed E-state index contributed by atoms with van der Waals surface area (Å²) in [4.78, 5) is 13.9. The lowest BCUT2D eigenvalue weighted by Gasteiger charge is -2.20. The molecule has 1 aliphatic rings. The first kappa shape index (κ1) is 12.6. The van der Waals surface area contributed by atoms with Gasteiger partial charge in [0.2, 0.25) is 0 Å². The van der Waals surface area contributed by atoms with Crippen LogP contribution in [-0.4, -0.2) is 32.6 Å². The highest BCUT2D eigenvalue weighted by Crippen LogP contribution is 2.17. The molecule has 2 rings (SSSR count). The number of anilines is 1. The lowest BCUT2D eigenvalue weighted by Crippen LogP contribution is -2.30. The first-order valence-corrected chi connectivity index (χ1v) is 6.02. The summed E-state index contributed by atoms with van der Waals surface area (Å²) in [6.07, 6.45) is 0.824. The van der Waals surface area contributed by atoms with Crippen LogP contribution in [0, 0.1) is 17.2 Å². The monoisotopic (exact) mass is 244 g/mol. The van der Waals surface area contributed by atoms with E-state index in [1.807, 2.05) is 24.1 Å². The molecule has 0 amide bonds. The van der Waals surface area contributed by atoms with Gasteiger partial charge in [0, 0.05) is 25.3 Å². The standard InChI is InChI=1S/C14H16N2O2/c1-16(9-14(17)12-5-6-18-10-12)13-4-2-3-11(7-13)8-15/h2-4,7,12H,5-6,9-10H2,1H3. The average Bonchev–Trinajstić information content (AvgIpc) is 2.92. The molecule has 0 aliphatic carbocycles. The number of likely N-dealkylation sites (N-methyl/N-ethyl adjacent to an activating group) is 1. The van der Waals surface area contributed by atoms with Gasteiger partial charge in [-0.2, -0.15) is 5.26 Å². The van der Waals surface area contributed by atoms with Crippen LogP contribution in [0.2, 0.25) is 0 Å². The van der Waals surface area contributed by atoms with Crippen molar-refractivity contribution in [3.8, 4) is 6.07 Å². The fraction of sp³-hybridized carbons (Fsp3) is 0.429. The Morgan fingerprint density at radius 2 is 2.44 bits per heavy atom. The van der Waals surface area contributed by atoms with Crippen molar-refractivity contribution < 1.29 is 9.53 Å². The van der Waals surface area contributed by atoms with Crippen LogP contribution in [0.15, 0.2) is 24.3 Å². The molecule has 1 aromatic rings. The van der Waals surface area contributed by atoms with Crippen molar-refractivity contribution in [1.82, 2.24) is 0 Å². The topological polar surface area (TPSA) is 53.3 Å². The molecule has 94 valence electrons. The van der Waals surface area contributed by atoms with Gasteiger partial charge in [0.05, 0.1) is 24.8 Å². The number of nitriles is 1. The van der Waals surface area contributed by atoms with E-state index in [0.29, 0.717) is 25.3 Å². The predicted molar refractivity (Wildman–Crippen MR) is 68.4 cm³/mol. The van der Waals surface area contributed by atoms with Crippen LogP contribution < -0.4 is 4.90 Å². The SMILES string of the molecule is CN(CC(=O)C1CCOC1)c1cccc(C#N)c1. The maximum absolute atomic E-state index is 12.0. The van der Waals surface area contributed by atoms with E-state index in [0.717, 1.165) is 12.1 Å². The number of hydrogen-bond acceptors (Lipinski definition) is 4. The highest BCUT2D eigenvalue weighted by molar-refractivity contribution is 5.86. The van der Waals surface area contributed by atoms with Crippen LogP contribution in [0.3, 0.4) is 0 Å². The molecule has 1 fully saturated rings. The molecular formula is C14H16N2O2. The predicted octanol–water partition coefficient (Wildman–Crippen LogP) is 1.60. The van der Waals surface area contributed by atoms with Gasteiger partial charge in [0.25, 0.3) is 0 Å². The summed E-state index contributed by atoms with van der Waals surface area (Å²) in [7, 11) is 1.87. The summed E-state index contributed by atoms with van der Waals surface area (Å²) in [6.45, 7) is 1.60. The minimum atomic E-state index is 0.0339. The third-order valence-electron chi connectivity index (χ3n) is 3.19. The quantitative estimate of drug-likeness (QED) is 0.807. The summed E-state index contributed by atoms with van der Waals surface area (Å²) >= 11 is 0. The van der Waals surface area contributed by atoms with Crippen molar-refractivity contribution in [1.29, 1.82) is 5.26 Å². The van der Waals surface area contributed by atoms with Crippen LogP contribution in [-0.2, 0) is 9.53 Å². The highest BCUT2D eigenvalue weighted by atomic mass is 16.5. The number of nitrogens with zero attached hydrogens (tertiary/aromatic N) is 2. The average molecular weight is 244 g/mol. The van der Waals surface area contributed by atoms with E-state index in [1.54, 1.807) is 12.1 Å². The van der Waals surface area contributed by atoms with Crippen LogP contribution in [0.5, 0.6) is 0 Å². The van der Waals surface area contributed by atoms with E-state index >= 15 is 0 Å². The Labute approximate surface area is 107 Å². The van der Waals surface area contributed by atoms with Gasteiger partial charge in [0.1, 0.15) is 0 Å². The zero-order chi connectivity index (χ0) is 13.0.